The van der Waals surface area contributed by atoms with Crippen molar-refractivity contribution in [1.82, 2.24) is 0 Å². The Labute approximate surface area is 160 Å². The van der Waals surface area contributed by atoms with Gasteiger partial charge in [-0.25, -0.2) is 0 Å². The maximum absolute atomic E-state index is 11.0. The van der Waals surface area contributed by atoms with Crippen LogP contribution < -0.4 is 5.11 Å². The Balaban J connectivity index is -0.000000540. The van der Waals surface area contributed by atoms with Crippen LogP contribution in [0.5, 0.6) is 0 Å². The number of hydrogen-bond acceptors (Lipinski definition) is 5. The van der Waals surface area contributed by atoms with Crippen molar-refractivity contribution in [2.45, 2.75) is 89.7 Å². The predicted octanol–water partition coefficient (Wildman–Crippen LogP) is 3.43. The molecule has 0 aromatic heterocycles. The van der Waals surface area contributed by atoms with Gasteiger partial charge < -0.3 is 20.9 Å². The summed E-state index contributed by atoms with van der Waals surface area (Å²) in [6.45, 7) is 4.36. The summed E-state index contributed by atoms with van der Waals surface area (Å²) in [7, 11) is 0. The topological polar surface area (TPSA) is 100 Å². The summed E-state index contributed by atoms with van der Waals surface area (Å²) < 4.78 is 0. The molecule has 132 valence electrons. The van der Waals surface area contributed by atoms with Crippen molar-refractivity contribution in [2.75, 3.05) is 5.75 Å². The number of hydrogen-bond donors (Lipinski definition) is 0. The van der Waals surface area contributed by atoms with E-state index in [0.717, 1.165) is 31.4 Å². The van der Waals surface area contributed by atoms with Gasteiger partial charge in [0.25, 0.3) is 0 Å². The summed E-state index contributed by atoms with van der Waals surface area (Å²) in [4.78, 5) is 11.0. The van der Waals surface area contributed by atoms with Crippen molar-refractivity contribution in [2.24, 2.45) is 0 Å². The molecule has 1 unspecified atom stereocenters. The van der Waals surface area contributed by atoms with Gasteiger partial charge >= 0.3 is 26.2 Å². The van der Waals surface area contributed by atoms with Crippen LogP contribution in [0, 0.1) is 0 Å². The van der Waals surface area contributed by atoms with Gasteiger partial charge in [-0.3, -0.25) is 0 Å². The van der Waals surface area contributed by atoms with E-state index < -0.39 is 5.97 Å². The second-order valence-corrected chi connectivity index (χ2v) is 6.61. The summed E-state index contributed by atoms with van der Waals surface area (Å²) in [6.07, 6.45) is 13.1. The summed E-state index contributed by atoms with van der Waals surface area (Å²) in [5.74, 6) is 0.0793. The van der Waals surface area contributed by atoms with E-state index in [2.05, 4.69) is 13.8 Å². The van der Waals surface area contributed by atoms with E-state index in [1.54, 1.807) is 11.8 Å². The standard InChI is InChI=1S/C16H32O2S.Bi.2H2O/c1-3-5-7-8-9-10-11-12-13-15(16(17)18)19-14-6-4-2;;;/h15H,3-14H2,1-2H3,(H,17,18);;2*1H2/q;+3;;/p-3. The molecule has 0 aliphatic carbocycles. The molecule has 2 radical (unpaired) electrons. The first-order chi connectivity index (χ1) is 9.22. The molecule has 1 atom stereocenters. The van der Waals surface area contributed by atoms with Crippen LogP contribution in [0.4, 0.5) is 0 Å². The molecule has 0 aromatic rings. The van der Waals surface area contributed by atoms with Crippen molar-refractivity contribution >= 4 is 43.9 Å². The maximum Gasteiger partial charge on any atom is 3.00 e. The van der Waals surface area contributed by atoms with Crippen LogP contribution in [0.25, 0.3) is 0 Å². The first kappa shape index (κ1) is 30.5. The van der Waals surface area contributed by atoms with Crippen LogP contribution in [0.2, 0.25) is 0 Å². The predicted molar refractivity (Wildman–Crippen MR) is 93.0 cm³/mol. The molecule has 0 saturated carbocycles. The van der Waals surface area contributed by atoms with Crippen LogP contribution in [0.1, 0.15) is 84.5 Å². The third-order valence-electron chi connectivity index (χ3n) is 3.40. The smallest absolute Gasteiger partial charge is 0.870 e. The number of carbonyl (C=O) groups excluding carboxylic acids is 1. The zero-order valence-corrected chi connectivity index (χ0v) is 18.4. The van der Waals surface area contributed by atoms with E-state index in [1.165, 1.54) is 44.9 Å². The fourth-order valence-electron chi connectivity index (χ4n) is 2.10. The third kappa shape index (κ3) is 20.6. The van der Waals surface area contributed by atoms with Gasteiger partial charge in [0, 0.05) is 5.25 Å². The molecule has 2 N–H and O–H groups in total. The van der Waals surface area contributed by atoms with Crippen molar-refractivity contribution in [3.63, 3.8) is 0 Å². The zero-order valence-electron chi connectivity index (χ0n) is 14.1. The molecule has 0 rings (SSSR count). The largest absolute Gasteiger partial charge is 3.00 e. The average molecular weight is 530 g/mol. The SMILES string of the molecule is CCCCCCCCCCC(SCCCC)C(=O)[O-].[Bi+3].[OH-].[OH-]. The number of carboxylic acid groups (broad SMARTS) is 1. The molecule has 0 saturated heterocycles. The number of rotatable bonds is 14. The number of carbonyl (C=O) groups is 1. The molecule has 0 spiro atoms. The minimum atomic E-state index is -0.871. The van der Waals surface area contributed by atoms with E-state index in [-0.39, 0.29) is 42.4 Å². The number of aliphatic carboxylic acids is 1. The fourth-order valence-corrected chi connectivity index (χ4v) is 3.31. The van der Waals surface area contributed by atoms with Crippen molar-refractivity contribution < 1.29 is 20.9 Å². The monoisotopic (exact) mass is 530 g/mol. The molecule has 0 aliphatic rings. The average Bonchev–Trinajstić information content (AvgIpc) is 2.39. The van der Waals surface area contributed by atoms with Crippen LogP contribution in [0.15, 0.2) is 0 Å². The molecule has 0 fully saturated rings. The molecular weight excluding hydrogens is 497 g/mol. The van der Waals surface area contributed by atoms with Crippen LogP contribution in [0.3, 0.4) is 0 Å². The molecule has 0 amide bonds. The number of thioether (sulfide) groups is 1. The van der Waals surface area contributed by atoms with Gasteiger partial charge in [-0.05, 0) is 18.6 Å². The quantitative estimate of drug-likeness (QED) is 0.253. The molecule has 6 heteroatoms. The second kappa shape index (κ2) is 23.9. The summed E-state index contributed by atoms with van der Waals surface area (Å²) in [5, 5.41) is 10.7. The van der Waals surface area contributed by atoms with Gasteiger partial charge in [-0.1, -0.05) is 71.6 Å². The van der Waals surface area contributed by atoms with E-state index >= 15 is 0 Å². The molecule has 22 heavy (non-hydrogen) atoms. The van der Waals surface area contributed by atoms with E-state index in [0.29, 0.717) is 0 Å². The Hall–Kier alpha value is 0.623. The Morgan fingerprint density at radius 3 is 1.77 bits per heavy atom. The summed E-state index contributed by atoms with van der Waals surface area (Å²) in [6, 6.07) is 0. The molecule has 0 bridgehead atoms. The Morgan fingerprint density at radius 2 is 1.32 bits per heavy atom. The minimum Gasteiger partial charge on any atom is -0.870 e. The van der Waals surface area contributed by atoms with Gasteiger partial charge in [0.15, 0.2) is 0 Å². The molecular formula is C16H33BiO4S. The zero-order chi connectivity index (χ0) is 14.3. The van der Waals surface area contributed by atoms with Crippen LogP contribution in [-0.4, -0.2) is 54.1 Å². The normalized spacial score (nSPS) is 10.8. The minimum absolute atomic E-state index is 0. The number of unbranched alkanes of at least 4 members (excludes halogenated alkanes) is 8. The van der Waals surface area contributed by atoms with Gasteiger partial charge in [-0.2, -0.15) is 11.8 Å². The molecule has 4 nitrogen and oxygen atoms in total. The Bertz CT molecular complexity index is 218. The molecule has 0 aliphatic heterocycles. The van der Waals surface area contributed by atoms with Crippen molar-refractivity contribution in [3.05, 3.63) is 0 Å². The summed E-state index contributed by atoms with van der Waals surface area (Å²) in [5.41, 5.74) is 0. The van der Waals surface area contributed by atoms with Crippen LogP contribution in [-0.2, 0) is 4.79 Å². The van der Waals surface area contributed by atoms with Crippen LogP contribution >= 0.6 is 11.8 Å². The van der Waals surface area contributed by atoms with E-state index in [9.17, 15) is 9.90 Å². The van der Waals surface area contributed by atoms with Gasteiger partial charge in [0.05, 0.1) is 5.97 Å². The first-order valence-corrected chi connectivity index (χ1v) is 9.09. The Morgan fingerprint density at radius 1 is 0.864 bits per heavy atom. The van der Waals surface area contributed by atoms with Gasteiger partial charge in [0.1, 0.15) is 0 Å². The third-order valence-corrected chi connectivity index (χ3v) is 4.75. The van der Waals surface area contributed by atoms with Crippen molar-refractivity contribution in [1.29, 1.82) is 0 Å². The van der Waals surface area contributed by atoms with Gasteiger partial charge in [-0.15, -0.1) is 0 Å². The Kier molecular flexibility index (Phi) is 33.1. The molecule has 0 aromatic carbocycles. The van der Waals surface area contributed by atoms with E-state index in [1.807, 2.05) is 0 Å². The maximum atomic E-state index is 11.0. The summed E-state index contributed by atoms with van der Waals surface area (Å²) >= 11 is 1.57. The number of carboxylic acids is 1. The van der Waals surface area contributed by atoms with Gasteiger partial charge in [0.2, 0.25) is 0 Å². The molecule has 0 heterocycles. The van der Waals surface area contributed by atoms with Crippen molar-refractivity contribution in [3.8, 4) is 0 Å². The fraction of sp³-hybridized carbons (Fsp3) is 0.938. The first-order valence-electron chi connectivity index (χ1n) is 8.04. The second-order valence-electron chi connectivity index (χ2n) is 5.30. The van der Waals surface area contributed by atoms with E-state index in [4.69, 9.17) is 0 Å².